The molecule has 9 nitrogen and oxygen atoms in total. The summed E-state index contributed by atoms with van der Waals surface area (Å²) in [7, 11) is -3.69. The fourth-order valence-electron chi connectivity index (χ4n) is 2.55. The molecule has 1 heterocycles. The van der Waals surface area contributed by atoms with Crippen molar-refractivity contribution >= 4 is 27.6 Å². The summed E-state index contributed by atoms with van der Waals surface area (Å²) >= 11 is 0. The molecule has 10 heteroatoms. The summed E-state index contributed by atoms with van der Waals surface area (Å²) in [5, 5.41) is 2.40. The average Bonchev–Trinajstić information content (AvgIpc) is 2.65. The number of rotatable bonds is 6. The Balaban J connectivity index is 1.96. The summed E-state index contributed by atoms with van der Waals surface area (Å²) in [4.78, 5) is 36.0. The lowest BCUT2D eigenvalue weighted by atomic mass is 10.2. The van der Waals surface area contributed by atoms with Crippen LogP contribution in [0.4, 0.5) is 0 Å². The number of Topliss-reactive ketones (excluding diaryl/α,β-unsaturated/α-hetero) is 1. The average molecular weight is 382 g/mol. The molecule has 0 unspecified atom stereocenters. The Labute approximate surface area is 152 Å². The van der Waals surface area contributed by atoms with Gasteiger partial charge in [0.15, 0.2) is 5.78 Å². The fourth-order valence-corrected chi connectivity index (χ4v) is 3.97. The van der Waals surface area contributed by atoms with E-state index in [0.29, 0.717) is 5.56 Å². The second kappa shape index (κ2) is 8.39. The maximum Gasteiger partial charge on any atom is 0.243 e. The van der Waals surface area contributed by atoms with Crippen LogP contribution < -0.4 is 11.1 Å². The van der Waals surface area contributed by atoms with Crippen LogP contribution in [0.25, 0.3) is 0 Å². The Morgan fingerprint density at radius 1 is 1.08 bits per heavy atom. The topological polar surface area (TPSA) is 130 Å². The van der Waals surface area contributed by atoms with Gasteiger partial charge in [-0.2, -0.15) is 4.31 Å². The highest BCUT2D eigenvalue weighted by molar-refractivity contribution is 7.89. The molecule has 3 N–H and O–H groups in total. The molecule has 1 aliphatic heterocycles. The molecular weight excluding hydrogens is 360 g/mol. The van der Waals surface area contributed by atoms with Gasteiger partial charge in [0.1, 0.15) is 0 Å². The summed E-state index contributed by atoms with van der Waals surface area (Å²) in [6.45, 7) is 1.86. The maximum absolute atomic E-state index is 12.7. The monoisotopic (exact) mass is 382 g/mol. The van der Waals surface area contributed by atoms with Crippen molar-refractivity contribution in [1.82, 2.24) is 14.5 Å². The van der Waals surface area contributed by atoms with Crippen molar-refractivity contribution in [1.29, 1.82) is 0 Å². The van der Waals surface area contributed by atoms with Gasteiger partial charge in [-0.05, 0) is 19.1 Å². The standard InChI is InChI=1S/C16H22N4O5S/c1-12(21)13-2-4-14(5-3-13)26(24,25)20-8-6-19(7-9-20)16(23)11-18-15(22)10-17/h2-5H,6-11,17H2,1H3,(H,18,22). The van der Waals surface area contributed by atoms with E-state index < -0.39 is 15.9 Å². The summed E-state index contributed by atoms with van der Waals surface area (Å²) < 4.78 is 26.6. The molecule has 1 aromatic rings. The van der Waals surface area contributed by atoms with Gasteiger partial charge in [-0.25, -0.2) is 8.42 Å². The van der Waals surface area contributed by atoms with Crippen LogP contribution in [0.5, 0.6) is 0 Å². The normalized spacial score (nSPS) is 15.5. The minimum absolute atomic E-state index is 0.109. The molecule has 0 aromatic heterocycles. The van der Waals surface area contributed by atoms with Gasteiger partial charge in [0.05, 0.1) is 18.0 Å². The van der Waals surface area contributed by atoms with Gasteiger partial charge < -0.3 is 16.0 Å². The first-order chi connectivity index (χ1) is 12.3. The van der Waals surface area contributed by atoms with Gasteiger partial charge in [-0.3, -0.25) is 14.4 Å². The van der Waals surface area contributed by atoms with Crippen LogP contribution in [0.1, 0.15) is 17.3 Å². The Morgan fingerprint density at radius 2 is 1.65 bits per heavy atom. The Bertz CT molecular complexity index is 783. The Hall–Kier alpha value is -2.30. The molecule has 0 saturated carbocycles. The molecular formula is C16H22N4O5S. The first kappa shape index (κ1) is 20.0. The highest BCUT2D eigenvalue weighted by atomic mass is 32.2. The highest BCUT2D eigenvalue weighted by Crippen LogP contribution is 2.18. The molecule has 142 valence electrons. The van der Waals surface area contributed by atoms with Crippen LogP contribution in [-0.2, 0) is 19.6 Å². The smallest absolute Gasteiger partial charge is 0.243 e. The van der Waals surface area contributed by atoms with Crippen molar-refractivity contribution in [3.8, 4) is 0 Å². The number of ketones is 1. The van der Waals surface area contributed by atoms with E-state index in [9.17, 15) is 22.8 Å². The number of piperazine rings is 1. The van der Waals surface area contributed by atoms with Crippen LogP contribution in [0.2, 0.25) is 0 Å². The fraction of sp³-hybridized carbons (Fsp3) is 0.438. The molecule has 1 saturated heterocycles. The first-order valence-corrected chi connectivity index (χ1v) is 9.55. The number of nitrogens with zero attached hydrogens (tertiary/aromatic N) is 2. The second-order valence-corrected chi connectivity index (χ2v) is 7.78. The molecule has 26 heavy (non-hydrogen) atoms. The number of sulfonamides is 1. The van der Waals surface area contributed by atoms with E-state index in [4.69, 9.17) is 5.73 Å². The van der Waals surface area contributed by atoms with Crippen molar-refractivity contribution in [2.24, 2.45) is 5.73 Å². The summed E-state index contributed by atoms with van der Waals surface area (Å²) in [5.74, 6) is -0.842. The molecule has 0 aliphatic carbocycles. The lowest BCUT2D eigenvalue weighted by Gasteiger charge is -2.34. The molecule has 0 radical (unpaired) electrons. The third-order valence-corrected chi connectivity index (χ3v) is 6.03. The minimum Gasteiger partial charge on any atom is -0.346 e. The number of carbonyl (C=O) groups excluding carboxylic acids is 3. The van der Waals surface area contributed by atoms with Crippen molar-refractivity contribution < 1.29 is 22.8 Å². The number of hydrogen-bond acceptors (Lipinski definition) is 6. The lowest BCUT2D eigenvalue weighted by Crippen LogP contribution is -2.52. The molecule has 1 fully saturated rings. The molecule has 0 bridgehead atoms. The van der Waals surface area contributed by atoms with E-state index in [1.54, 1.807) is 0 Å². The quantitative estimate of drug-likeness (QED) is 0.594. The van der Waals surface area contributed by atoms with Gasteiger partial charge in [0.25, 0.3) is 0 Å². The number of benzene rings is 1. The number of carbonyl (C=O) groups is 3. The minimum atomic E-state index is -3.69. The zero-order valence-corrected chi connectivity index (χ0v) is 15.3. The zero-order chi connectivity index (χ0) is 19.3. The highest BCUT2D eigenvalue weighted by Gasteiger charge is 2.30. The molecule has 2 amide bonds. The van der Waals surface area contributed by atoms with Gasteiger partial charge in [0, 0.05) is 31.7 Å². The summed E-state index contributed by atoms with van der Waals surface area (Å²) in [5.41, 5.74) is 5.60. The third-order valence-electron chi connectivity index (χ3n) is 4.11. The largest absolute Gasteiger partial charge is 0.346 e. The van der Waals surface area contributed by atoms with Crippen LogP contribution in [0.3, 0.4) is 0 Å². The molecule has 1 aliphatic rings. The zero-order valence-electron chi connectivity index (χ0n) is 14.5. The first-order valence-electron chi connectivity index (χ1n) is 8.11. The van der Waals surface area contributed by atoms with E-state index in [-0.39, 0.29) is 55.9 Å². The van der Waals surface area contributed by atoms with Crippen LogP contribution in [0.15, 0.2) is 29.2 Å². The number of nitrogens with two attached hydrogens (primary N) is 1. The van der Waals surface area contributed by atoms with E-state index in [2.05, 4.69) is 5.32 Å². The molecule has 1 aromatic carbocycles. The maximum atomic E-state index is 12.7. The Morgan fingerprint density at radius 3 is 2.15 bits per heavy atom. The van der Waals surface area contributed by atoms with E-state index in [1.807, 2.05) is 0 Å². The van der Waals surface area contributed by atoms with Crippen LogP contribution >= 0.6 is 0 Å². The number of hydrogen-bond donors (Lipinski definition) is 2. The van der Waals surface area contributed by atoms with Gasteiger partial charge in [-0.15, -0.1) is 0 Å². The molecule has 2 rings (SSSR count). The number of amides is 2. The predicted molar refractivity (Wildman–Crippen MR) is 93.8 cm³/mol. The van der Waals surface area contributed by atoms with Crippen molar-refractivity contribution in [2.45, 2.75) is 11.8 Å². The third kappa shape index (κ3) is 4.65. The van der Waals surface area contributed by atoms with Crippen molar-refractivity contribution in [3.63, 3.8) is 0 Å². The van der Waals surface area contributed by atoms with Crippen LogP contribution in [0, 0.1) is 0 Å². The van der Waals surface area contributed by atoms with E-state index >= 15 is 0 Å². The summed E-state index contributed by atoms with van der Waals surface area (Å²) in [6.07, 6.45) is 0. The molecule has 0 atom stereocenters. The van der Waals surface area contributed by atoms with E-state index in [0.717, 1.165) is 0 Å². The van der Waals surface area contributed by atoms with Gasteiger partial charge in [-0.1, -0.05) is 12.1 Å². The lowest BCUT2D eigenvalue weighted by molar-refractivity contribution is -0.133. The summed E-state index contributed by atoms with van der Waals surface area (Å²) in [6, 6.07) is 5.78. The second-order valence-electron chi connectivity index (χ2n) is 5.85. The SMILES string of the molecule is CC(=O)c1ccc(S(=O)(=O)N2CCN(C(=O)CNC(=O)CN)CC2)cc1. The van der Waals surface area contributed by atoms with Crippen molar-refractivity contribution in [2.75, 3.05) is 39.3 Å². The number of nitrogens with one attached hydrogen (secondary N) is 1. The van der Waals surface area contributed by atoms with E-state index in [1.165, 1.54) is 40.4 Å². The van der Waals surface area contributed by atoms with Gasteiger partial charge in [0.2, 0.25) is 21.8 Å². The van der Waals surface area contributed by atoms with Crippen molar-refractivity contribution in [3.05, 3.63) is 29.8 Å². The Kier molecular flexibility index (Phi) is 6.46. The predicted octanol–water partition coefficient (Wildman–Crippen LogP) is -1.20. The van der Waals surface area contributed by atoms with Crippen LogP contribution in [-0.4, -0.2) is 74.5 Å². The van der Waals surface area contributed by atoms with Gasteiger partial charge >= 0.3 is 0 Å². The molecule has 0 spiro atoms.